The van der Waals surface area contributed by atoms with Gasteiger partial charge in [0.05, 0.1) is 5.92 Å². The fraction of sp³-hybridized carbons (Fsp3) is 0.440. The summed E-state index contributed by atoms with van der Waals surface area (Å²) in [5.74, 6) is -0.162. The van der Waals surface area contributed by atoms with Gasteiger partial charge in [0.25, 0.3) is 0 Å². The van der Waals surface area contributed by atoms with Gasteiger partial charge in [0.1, 0.15) is 0 Å². The van der Waals surface area contributed by atoms with Crippen molar-refractivity contribution in [1.29, 1.82) is 0 Å². The van der Waals surface area contributed by atoms with Crippen molar-refractivity contribution in [2.45, 2.75) is 45.8 Å². The van der Waals surface area contributed by atoms with E-state index in [1.807, 2.05) is 42.5 Å². The molecule has 1 saturated heterocycles. The number of urea groups is 1. The maximum absolute atomic E-state index is 12.9. The number of nitrogens with zero attached hydrogens (tertiary/aromatic N) is 2. The minimum Gasteiger partial charge on any atom is -0.352 e. The molecule has 0 aromatic heterocycles. The summed E-state index contributed by atoms with van der Waals surface area (Å²) < 4.78 is 0. The Morgan fingerprint density at radius 1 is 1.06 bits per heavy atom. The van der Waals surface area contributed by atoms with Crippen molar-refractivity contribution in [3.63, 3.8) is 0 Å². The molecule has 3 amide bonds. The summed E-state index contributed by atoms with van der Waals surface area (Å²) in [6.45, 7) is 6.82. The number of benzene rings is 2. The Labute approximate surface area is 185 Å². The molecule has 6 nitrogen and oxygen atoms in total. The molecule has 1 unspecified atom stereocenters. The lowest BCUT2D eigenvalue weighted by Crippen LogP contribution is -2.46. The van der Waals surface area contributed by atoms with Crippen LogP contribution in [0, 0.1) is 5.92 Å². The van der Waals surface area contributed by atoms with Crippen LogP contribution >= 0.6 is 0 Å². The predicted molar refractivity (Wildman–Crippen MR) is 125 cm³/mol. The highest BCUT2D eigenvalue weighted by Crippen LogP contribution is 2.19. The number of hydrogen-bond donors (Lipinski definition) is 2. The van der Waals surface area contributed by atoms with Crippen LogP contribution in [0.1, 0.15) is 37.8 Å². The van der Waals surface area contributed by atoms with Gasteiger partial charge in [-0.25, -0.2) is 4.79 Å². The zero-order valence-corrected chi connectivity index (χ0v) is 18.8. The van der Waals surface area contributed by atoms with Crippen LogP contribution in [0.3, 0.4) is 0 Å². The second-order valence-corrected chi connectivity index (χ2v) is 8.58. The van der Waals surface area contributed by atoms with Gasteiger partial charge in [0.15, 0.2) is 0 Å². The summed E-state index contributed by atoms with van der Waals surface area (Å²) >= 11 is 0. The molecule has 1 heterocycles. The van der Waals surface area contributed by atoms with E-state index in [0.29, 0.717) is 25.7 Å². The highest BCUT2D eigenvalue weighted by Gasteiger charge is 2.28. The summed E-state index contributed by atoms with van der Waals surface area (Å²) in [5.41, 5.74) is 3.13. The molecular weight excluding hydrogens is 388 g/mol. The van der Waals surface area contributed by atoms with Crippen LogP contribution in [0.4, 0.5) is 10.5 Å². The van der Waals surface area contributed by atoms with Crippen molar-refractivity contribution in [3.8, 4) is 0 Å². The Hall–Kier alpha value is -2.86. The van der Waals surface area contributed by atoms with Gasteiger partial charge in [0, 0.05) is 37.9 Å². The average molecular weight is 423 g/mol. The molecule has 2 aromatic rings. The van der Waals surface area contributed by atoms with Crippen LogP contribution in [0.15, 0.2) is 54.6 Å². The Bertz CT molecular complexity index is 869. The normalized spacial score (nSPS) is 16.4. The lowest BCUT2D eigenvalue weighted by atomic mass is 9.97. The van der Waals surface area contributed by atoms with Crippen LogP contribution in [0.2, 0.25) is 0 Å². The van der Waals surface area contributed by atoms with E-state index in [0.717, 1.165) is 30.6 Å². The molecule has 1 aliphatic heterocycles. The van der Waals surface area contributed by atoms with Crippen molar-refractivity contribution in [1.82, 2.24) is 15.1 Å². The number of rotatable bonds is 7. The summed E-state index contributed by atoms with van der Waals surface area (Å²) in [4.78, 5) is 29.5. The van der Waals surface area contributed by atoms with E-state index in [2.05, 4.69) is 48.6 Å². The van der Waals surface area contributed by atoms with Crippen LogP contribution in [0.5, 0.6) is 0 Å². The maximum atomic E-state index is 12.9. The Morgan fingerprint density at radius 3 is 2.45 bits per heavy atom. The molecule has 0 aliphatic carbocycles. The summed E-state index contributed by atoms with van der Waals surface area (Å²) in [6.07, 6.45) is 1.63. The Balaban J connectivity index is 1.54. The fourth-order valence-corrected chi connectivity index (χ4v) is 3.76. The van der Waals surface area contributed by atoms with E-state index < -0.39 is 0 Å². The van der Waals surface area contributed by atoms with Crippen LogP contribution in [-0.2, 0) is 17.9 Å². The third kappa shape index (κ3) is 6.56. The predicted octanol–water partition coefficient (Wildman–Crippen LogP) is 4.09. The number of para-hydroxylation sites is 1. The minimum atomic E-state index is -0.180. The summed E-state index contributed by atoms with van der Waals surface area (Å²) in [7, 11) is 2.11. The van der Waals surface area contributed by atoms with E-state index in [4.69, 9.17) is 0 Å². The van der Waals surface area contributed by atoms with Gasteiger partial charge >= 0.3 is 6.03 Å². The second kappa shape index (κ2) is 11.0. The molecule has 1 aliphatic rings. The monoisotopic (exact) mass is 422 g/mol. The first-order chi connectivity index (χ1) is 14.9. The lowest BCUT2D eigenvalue weighted by molar-refractivity contribution is -0.126. The van der Waals surface area contributed by atoms with Gasteiger partial charge in [-0.1, -0.05) is 42.5 Å². The average Bonchev–Trinajstić information content (AvgIpc) is 2.79. The molecule has 166 valence electrons. The number of piperidine rings is 1. The van der Waals surface area contributed by atoms with E-state index >= 15 is 0 Å². The third-order valence-corrected chi connectivity index (χ3v) is 5.98. The number of amides is 3. The number of carbonyl (C=O) groups excluding carboxylic acids is 2. The smallest absolute Gasteiger partial charge is 0.321 e. The Morgan fingerprint density at radius 2 is 1.74 bits per heavy atom. The van der Waals surface area contributed by atoms with E-state index in [1.54, 1.807) is 4.90 Å². The second-order valence-electron chi connectivity index (χ2n) is 8.58. The van der Waals surface area contributed by atoms with Crippen molar-refractivity contribution >= 4 is 17.6 Å². The standard InChI is InChI=1S/C25H34N4O2/c1-19(2)28(3)17-21-11-8-7-10-20(21)16-26-24(30)22-12-9-15-29(18-22)25(31)27-23-13-5-4-6-14-23/h4-8,10-11,13-14,19,22H,9,12,15-18H2,1-3H3,(H,26,30)(H,27,31). The highest BCUT2D eigenvalue weighted by molar-refractivity contribution is 5.90. The van der Waals surface area contributed by atoms with Crippen LogP contribution < -0.4 is 10.6 Å². The highest BCUT2D eigenvalue weighted by atomic mass is 16.2. The van der Waals surface area contributed by atoms with Gasteiger partial charge in [0.2, 0.25) is 5.91 Å². The zero-order valence-electron chi connectivity index (χ0n) is 18.8. The van der Waals surface area contributed by atoms with Crippen LogP contribution in [-0.4, -0.2) is 47.9 Å². The van der Waals surface area contributed by atoms with Gasteiger partial charge in [-0.15, -0.1) is 0 Å². The first-order valence-electron chi connectivity index (χ1n) is 11.1. The maximum Gasteiger partial charge on any atom is 0.321 e. The molecule has 0 radical (unpaired) electrons. The van der Waals surface area contributed by atoms with Crippen molar-refractivity contribution in [2.75, 3.05) is 25.5 Å². The first kappa shape index (κ1) is 22.8. The largest absolute Gasteiger partial charge is 0.352 e. The number of carbonyl (C=O) groups is 2. The molecule has 1 atom stereocenters. The molecule has 0 bridgehead atoms. The molecule has 2 N–H and O–H groups in total. The van der Waals surface area contributed by atoms with Crippen LogP contribution in [0.25, 0.3) is 0 Å². The van der Waals surface area contributed by atoms with Gasteiger partial charge in [-0.05, 0) is 57.0 Å². The molecule has 2 aromatic carbocycles. The van der Waals surface area contributed by atoms with E-state index in [1.165, 1.54) is 5.56 Å². The molecular formula is C25H34N4O2. The molecule has 0 spiro atoms. The first-order valence-corrected chi connectivity index (χ1v) is 11.1. The van der Waals surface area contributed by atoms with E-state index in [9.17, 15) is 9.59 Å². The number of anilines is 1. The van der Waals surface area contributed by atoms with Crippen molar-refractivity contribution in [3.05, 3.63) is 65.7 Å². The van der Waals surface area contributed by atoms with Gasteiger partial charge in [-0.2, -0.15) is 0 Å². The summed E-state index contributed by atoms with van der Waals surface area (Å²) in [6, 6.07) is 18.0. The van der Waals surface area contributed by atoms with Gasteiger partial charge < -0.3 is 15.5 Å². The SMILES string of the molecule is CC(C)N(C)Cc1ccccc1CNC(=O)C1CCCN(C(=O)Nc2ccccc2)C1. The Kier molecular flexibility index (Phi) is 8.06. The molecule has 31 heavy (non-hydrogen) atoms. The zero-order chi connectivity index (χ0) is 22.2. The molecule has 1 fully saturated rings. The molecule has 0 saturated carbocycles. The molecule has 6 heteroatoms. The fourth-order valence-electron chi connectivity index (χ4n) is 3.76. The number of likely N-dealkylation sites (tertiary alicyclic amines) is 1. The minimum absolute atomic E-state index is 0.0178. The van der Waals surface area contributed by atoms with E-state index in [-0.39, 0.29) is 17.9 Å². The summed E-state index contributed by atoms with van der Waals surface area (Å²) in [5, 5.41) is 6.02. The number of nitrogens with one attached hydrogen (secondary N) is 2. The van der Waals surface area contributed by atoms with Crippen molar-refractivity contribution < 1.29 is 9.59 Å². The van der Waals surface area contributed by atoms with Crippen molar-refractivity contribution in [2.24, 2.45) is 5.92 Å². The third-order valence-electron chi connectivity index (χ3n) is 5.98. The number of hydrogen-bond acceptors (Lipinski definition) is 3. The molecule has 3 rings (SSSR count). The van der Waals surface area contributed by atoms with Gasteiger partial charge in [-0.3, -0.25) is 9.69 Å². The topological polar surface area (TPSA) is 64.7 Å². The quantitative estimate of drug-likeness (QED) is 0.706. The lowest BCUT2D eigenvalue weighted by Gasteiger charge is -2.32.